The van der Waals surface area contributed by atoms with Crippen LogP contribution in [0.1, 0.15) is 46.1 Å². The van der Waals surface area contributed by atoms with Gasteiger partial charge in [0.25, 0.3) is 5.91 Å². The molecule has 1 fully saturated rings. The summed E-state index contributed by atoms with van der Waals surface area (Å²) in [5.74, 6) is 0.391. The molecule has 1 aliphatic carbocycles. The Hall–Kier alpha value is -3.75. The van der Waals surface area contributed by atoms with Crippen LogP contribution in [-0.2, 0) is 6.18 Å². The number of benzene rings is 1. The molecule has 0 bridgehead atoms. The van der Waals surface area contributed by atoms with Gasteiger partial charge in [0.1, 0.15) is 5.65 Å². The maximum Gasteiger partial charge on any atom is 0.419 e. The number of imidazole rings is 1. The van der Waals surface area contributed by atoms with Crippen LogP contribution in [0.2, 0.25) is 0 Å². The molecule has 5 rings (SSSR count). The van der Waals surface area contributed by atoms with E-state index in [2.05, 4.69) is 20.3 Å². The van der Waals surface area contributed by atoms with Crippen LogP contribution in [0, 0.1) is 6.92 Å². The van der Waals surface area contributed by atoms with Gasteiger partial charge in [-0.15, -0.1) is 0 Å². The van der Waals surface area contributed by atoms with E-state index >= 15 is 0 Å². The molecular weight excluding hydrogens is 419 g/mol. The molecule has 162 valence electrons. The zero-order valence-electron chi connectivity index (χ0n) is 17.0. The van der Waals surface area contributed by atoms with Gasteiger partial charge in [-0.2, -0.15) is 13.2 Å². The topological polar surface area (TPSA) is 72.2 Å². The fraction of sp³-hybridized carbons (Fsp3) is 0.217. The zero-order chi connectivity index (χ0) is 22.5. The highest BCUT2D eigenvalue weighted by atomic mass is 19.4. The molecule has 1 aliphatic rings. The van der Waals surface area contributed by atoms with Crippen LogP contribution in [0.25, 0.3) is 17.0 Å². The first kappa shape index (κ1) is 20.2. The van der Waals surface area contributed by atoms with E-state index in [0.717, 1.165) is 29.4 Å². The number of carbonyl (C=O) groups is 1. The molecule has 0 atom stereocenters. The van der Waals surface area contributed by atoms with E-state index in [4.69, 9.17) is 0 Å². The second-order valence-corrected chi connectivity index (χ2v) is 7.83. The van der Waals surface area contributed by atoms with Gasteiger partial charge < -0.3 is 9.72 Å². The lowest BCUT2D eigenvalue weighted by atomic mass is 10.1. The smallest absolute Gasteiger partial charge is 0.321 e. The van der Waals surface area contributed by atoms with Gasteiger partial charge >= 0.3 is 6.18 Å². The predicted octanol–water partition coefficient (Wildman–Crippen LogP) is 5.25. The van der Waals surface area contributed by atoms with Crippen LogP contribution in [0.3, 0.4) is 0 Å². The van der Waals surface area contributed by atoms with Crippen LogP contribution < -0.4 is 5.32 Å². The maximum atomic E-state index is 12.7. The summed E-state index contributed by atoms with van der Waals surface area (Å²) in [6.07, 6.45) is 1.19. The summed E-state index contributed by atoms with van der Waals surface area (Å²) < 4.78 is 40.0. The van der Waals surface area contributed by atoms with Crippen molar-refractivity contribution in [2.75, 3.05) is 5.32 Å². The fourth-order valence-corrected chi connectivity index (χ4v) is 3.60. The average Bonchev–Trinajstić information content (AvgIpc) is 3.57. The molecular formula is C23H18F3N5O. The van der Waals surface area contributed by atoms with Crippen molar-refractivity contribution < 1.29 is 18.0 Å². The van der Waals surface area contributed by atoms with Crippen LogP contribution in [0.5, 0.6) is 0 Å². The van der Waals surface area contributed by atoms with Crippen LogP contribution >= 0.6 is 0 Å². The first-order chi connectivity index (χ1) is 15.3. The Balaban J connectivity index is 1.32. The van der Waals surface area contributed by atoms with E-state index in [0.29, 0.717) is 22.7 Å². The molecule has 3 heterocycles. The molecule has 1 N–H and O–H groups in total. The van der Waals surface area contributed by atoms with Gasteiger partial charge in [-0.1, -0.05) is 12.1 Å². The SMILES string of the molecule is Cc1c(C2CC2)nc2ccc(NC(=O)c3ccc(-c4ncc(C(F)(F)F)cn4)cc3)cn12. The van der Waals surface area contributed by atoms with Crippen molar-refractivity contribution in [3.63, 3.8) is 0 Å². The van der Waals surface area contributed by atoms with Crippen molar-refractivity contribution in [2.24, 2.45) is 0 Å². The second-order valence-electron chi connectivity index (χ2n) is 7.83. The minimum absolute atomic E-state index is 0.150. The molecule has 3 aromatic heterocycles. The van der Waals surface area contributed by atoms with Crippen molar-refractivity contribution in [3.8, 4) is 11.4 Å². The highest BCUT2D eigenvalue weighted by Gasteiger charge is 2.31. The number of carbonyl (C=O) groups excluding carboxylic acids is 1. The molecule has 0 radical (unpaired) electrons. The molecule has 0 saturated heterocycles. The lowest BCUT2D eigenvalue weighted by Crippen LogP contribution is -2.12. The van der Waals surface area contributed by atoms with Gasteiger partial charge in [-0.05, 0) is 44.0 Å². The zero-order valence-corrected chi connectivity index (χ0v) is 17.0. The maximum absolute atomic E-state index is 12.7. The van der Waals surface area contributed by atoms with Gasteiger partial charge in [0.05, 0.1) is 16.9 Å². The van der Waals surface area contributed by atoms with E-state index in [1.165, 1.54) is 12.8 Å². The number of rotatable bonds is 4. The Morgan fingerprint density at radius 2 is 1.75 bits per heavy atom. The van der Waals surface area contributed by atoms with Gasteiger partial charge in [-0.3, -0.25) is 4.79 Å². The first-order valence-corrected chi connectivity index (χ1v) is 10.1. The number of hydrogen-bond donors (Lipinski definition) is 1. The fourth-order valence-electron chi connectivity index (χ4n) is 3.60. The Bertz CT molecular complexity index is 1310. The highest BCUT2D eigenvalue weighted by Crippen LogP contribution is 2.41. The molecule has 9 heteroatoms. The molecule has 0 unspecified atom stereocenters. The third-order valence-electron chi connectivity index (χ3n) is 5.50. The molecule has 6 nitrogen and oxygen atoms in total. The van der Waals surface area contributed by atoms with Crippen molar-refractivity contribution >= 4 is 17.2 Å². The van der Waals surface area contributed by atoms with Crippen LogP contribution in [-0.4, -0.2) is 25.3 Å². The van der Waals surface area contributed by atoms with E-state index in [1.807, 2.05) is 23.6 Å². The Kier molecular flexibility index (Phi) is 4.69. The molecule has 1 aromatic carbocycles. The number of anilines is 1. The summed E-state index contributed by atoms with van der Waals surface area (Å²) in [5, 5.41) is 2.87. The van der Waals surface area contributed by atoms with E-state index < -0.39 is 11.7 Å². The Morgan fingerprint density at radius 1 is 1.06 bits per heavy atom. The normalized spacial score (nSPS) is 14.0. The number of fused-ring (bicyclic) bond motifs is 1. The number of pyridine rings is 1. The van der Waals surface area contributed by atoms with Crippen molar-refractivity contribution in [3.05, 3.63) is 77.5 Å². The summed E-state index contributed by atoms with van der Waals surface area (Å²) in [6.45, 7) is 2.03. The van der Waals surface area contributed by atoms with Crippen molar-refractivity contribution in [2.45, 2.75) is 31.9 Å². The number of alkyl halides is 3. The van der Waals surface area contributed by atoms with Crippen LogP contribution in [0.15, 0.2) is 55.0 Å². The number of hydrogen-bond acceptors (Lipinski definition) is 4. The van der Waals surface area contributed by atoms with E-state index in [1.54, 1.807) is 30.3 Å². The van der Waals surface area contributed by atoms with E-state index in [9.17, 15) is 18.0 Å². The standard InChI is InChI=1S/C23H18F3N5O/c1-13-20(14-2-3-14)30-19-9-8-18(12-31(13)19)29-22(32)16-6-4-15(5-7-16)21-27-10-17(11-28-21)23(24,25)26/h4-12,14H,2-3H2,1H3,(H,29,32). The third kappa shape index (κ3) is 3.81. The molecule has 0 aliphatic heterocycles. The average molecular weight is 437 g/mol. The van der Waals surface area contributed by atoms with Gasteiger partial charge in [0.15, 0.2) is 5.82 Å². The lowest BCUT2D eigenvalue weighted by Gasteiger charge is -2.08. The summed E-state index contributed by atoms with van der Waals surface area (Å²) in [4.78, 5) is 24.9. The molecule has 0 spiro atoms. The number of nitrogens with zero attached hydrogens (tertiary/aromatic N) is 4. The van der Waals surface area contributed by atoms with Gasteiger partial charge in [0.2, 0.25) is 0 Å². The predicted molar refractivity (Wildman–Crippen MR) is 112 cm³/mol. The second kappa shape index (κ2) is 7.44. The molecule has 32 heavy (non-hydrogen) atoms. The number of amides is 1. The molecule has 4 aromatic rings. The monoisotopic (exact) mass is 437 g/mol. The number of nitrogens with one attached hydrogen (secondary N) is 1. The third-order valence-corrected chi connectivity index (χ3v) is 5.50. The molecule has 1 saturated carbocycles. The number of halogens is 3. The quantitative estimate of drug-likeness (QED) is 0.474. The molecule has 1 amide bonds. The summed E-state index contributed by atoms with van der Waals surface area (Å²) in [5.41, 5.74) is 3.70. The Morgan fingerprint density at radius 3 is 2.38 bits per heavy atom. The van der Waals surface area contributed by atoms with E-state index in [-0.39, 0.29) is 11.7 Å². The lowest BCUT2D eigenvalue weighted by molar-refractivity contribution is -0.138. The van der Waals surface area contributed by atoms with Crippen molar-refractivity contribution in [1.29, 1.82) is 0 Å². The van der Waals surface area contributed by atoms with Crippen molar-refractivity contribution in [1.82, 2.24) is 19.4 Å². The summed E-state index contributed by atoms with van der Waals surface area (Å²) in [7, 11) is 0. The van der Waals surface area contributed by atoms with Crippen LogP contribution in [0.4, 0.5) is 18.9 Å². The van der Waals surface area contributed by atoms with Gasteiger partial charge in [-0.25, -0.2) is 15.0 Å². The largest absolute Gasteiger partial charge is 0.419 e. The highest BCUT2D eigenvalue weighted by molar-refractivity contribution is 6.04. The minimum atomic E-state index is -4.49. The summed E-state index contributed by atoms with van der Waals surface area (Å²) in [6, 6.07) is 10.0. The number of aryl methyl sites for hydroxylation is 1. The number of aromatic nitrogens is 4. The van der Waals surface area contributed by atoms with Gasteiger partial charge in [0, 0.05) is 41.3 Å². The summed E-state index contributed by atoms with van der Waals surface area (Å²) >= 11 is 0. The Labute approximate surface area is 181 Å². The first-order valence-electron chi connectivity index (χ1n) is 10.1. The minimum Gasteiger partial charge on any atom is -0.321 e.